The summed E-state index contributed by atoms with van der Waals surface area (Å²) >= 11 is 2.84. The molecule has 1 fully saturated rings. The maximum absolute atomic E-state index is 12.6. The van der Waals surface area contributed by atoms with E-state index in [-0.39, 0.29) is 17.6 Å². The van der Waals surface area contributed by atoms with Crippen LogP contribution in [0, 0.1) is 5.92 Å². The molecule has 10 heteroatoms. The molecule has 3 rings (SSSR count). The van der Waals surface area contributed by atoms with E-state index in [1.54, 1.807) is 18.2 Å². The number of hydrogen-bond donors (Lipinski definition) is 1. The highest BCUT2D eigenvalue weighted by atomic mass is 32.2. The van der Waals surface area contributed by atoms with Crippen molar-refractivity contribution in [3.63, 3.8) is 0 Å². The van der Waals surface area contributed by atoms with Crippen LogP contribution in [0.2, 0.25) is 0 Å². The lowest BCUT2D eigenvalue weighted by Crippen LogP contribution is -2.41. The molecule has 1 amide bonds. The maximum Gasteiger partial charge on any atom is 0.229 e. The summed E-state index contributed by atoms with van der Waals surface area (Å²) in [5.41, 5.74) is 0.767. The van der Waals surface area contributed by atoms with Gasteiger partial charge in [-0.25, -0.2) is 12.7 Å². The monoisotopic (exact) mass is 438 g/mol. The second kappa shape index (κ2) is 9.64. The van der Waals surface area contributed by atoms with E-state index in [9.17, 15) is 13.2 Å². The number of sulfonamides is 1. The minimum absolute atomic E-state index is 0.0133. The SMILES string of the molecule is C=CCSc1nnc(NC(=O)C2CCN(S(=O)(=O)Cc3ccccc3)CC2)s1. The normalized spacial score (nSPS) is 16.0. The van der Waals surface area contributed by atoms with E-state index in [2.05, 4.69) is 22.1 Å². The highest BCUT2D eigenvalue weighted by Crippen LogP contribution is 2.27. The molecule has 1 saturated heterocycles. The third-order valence-corrected chi connectivity index (χ3v) is 8.19. The van der Waals surface area contributed by atoms with Gasteiger partial charge in [0.15, 0.2) is 4.34 Å². The minimum atomic E-state index is -3.38. The van der Waals surface area contributed by atoms with Crippen LogP contribution >= 0.6 is 23.1 Å². The van der Waals surface area contributed by atoms with Gasteiger partial charge < -0.3 is 5.32 Å². The first-order valence-corrected chi connectivity index (χ1v) is 12.3. The second-order valence-corrected chi connectivity index (χ2v) is 10.6. The summed E-state index contributed by atoms with van der Waals surface area (Å²) in [6, 6.07) is 9.13. The Balaban J connectivity index is 1.51. The first-order chi connectivity index (χ1) is 13.5. The third-order valence-electron chi connectivity index (χ3n) is 4.37. The summed E-state index contributed by atoms with van der Waals surface area (Å²) < 4.78 is 27.5. The van der Waals surface area contributed by atoms with Crippen molar-refractivity contribution in [2.75, 3.05) is 24.2 Å². The first kappa shape index (κ1) is 21.0. The Kier molecular flexibility index (Phi) is 7.22. The number of amides is 1. The molecule has 7 nitrogen and oxygen atoms in total. The van der Waals surface area contributed by atoms with E-state index in [0.717, 1.165) is 15.7 Å². The Bertz CT molecular complexity index is 907. The highest BCUT2D eigenvalue weighted by Gasteiger charge is 2.31. The lowest BCUT2D eigenvalue weighted by atomic mass is 9.97. The molecule has 0 aliphatic carbocycles. The quantitative estimate of drug-likeness (QED) is 0.387. The van der Waals surface area contributed by atoms with Crippen LogP contribution in [-0.4, -0.2) is 47.7 Å². The van der Waals surface area contributed by atoms with Crippen molar-refractivity contribution in [2.24, 2.45) is 5.92 Å². The van der Waals surface area contributed by atoms with Gasteiger partial charge in [0.25, 0.3) is 0 Å². The molecular formula is C18H22N4O3S3. The molecule has 2 heterocycles. The molecule has 0 bridgehead atoms. The van der Waals surface area contributed by atoms with Gasteiger partial charge in [-0.3, -0.25) is 4.79 Å². The number of rotatable bonds is 8. The van der Waals surface area contributed by atoms with E-state index in [4.69, 9.17) is 0 Å². The molecule has 1 N–H and O–H groups in total. The van der Waals surface area contributed by atoms with Gasteiger partial charge >= 0.3 is 0 Å². The number of piperidine rings is 1. The van der Waals surface area contributed by atoms with Crippen LogP contribution in [0.4, 0.5) is 5.13 Å². The average molecular weight is 439 g/mol. The average Bonchev–Trinajstić information content (AvgIpc) is 3.14. The second-order valence-electron chi connectivity index (χ2n) is 6.38. The first-order valence-electron chi connectivity index (χ1n) is 8.88. The summed E-state index contributed by atoms with van der Waals surface area (Å²) in [4.78, 5) is 12.5. The van der Waals surface area contributed by atoms with Gasteiger partial charge in [-0.1, -0.05) is 59.5 Å². The van der Waals surface area contributed by atoms with Crippen LogP contribution in [0.25, 0.3) is 0 Å². The van der Waals surface area contributed by atoms with Gasteiger partial charge in [0, 0.05) is 24.8 Å². The zero-order valence-electron chi connectivity index (χ0n) is 15.3. The van der Waals surface area contributed by atoms with Crippen molar-refractivity contribution in [1.82, 2.24) is 14.5 Å². The number of benzene rings is 1. The van der Waals surface area contributed by atoms with Crippen LogP contribution in [0.15, 0.2) is 47.3 Å². The number of thioether (sulfide) groups is 1. The van der Waals surface area contributed by atoms with Gasteiger partial charge in [0.05, 0.1) is 5.75 Å². The smallest absolute Gasteiger partial charge is 0.229 e. The van der Waals surface area contributed by atoms with Crippen molar-refractivity contribution in [1.29, 1.82) is 0 Å². The van der Waals surface area contributed by atoms with E-state index in [1.807, 2.05) is 18.2 Å². The molecule has 1 aromatic carbocycles. The lowest BCUT2D eigenvalue weighted by molar-refractivity contribution is -0.120. The predicted octanol–water partition coefficient (Wildman–Crippen LogP) is 3.00. The molecule has 0 spiro atoms. The van der Waals surface area contributed by atoms with E-state index < -0.39 is 10.0 Å². The summed E-state index contributed by atoms with van der Waals surface area (Å²) in [6.07, 6.45) is 2.78. The van der Waals surface area contributed by atoms with E-state index in [0.29, 0.717) is 31.1 Å². The van der Waals surface area contributed by atoms with E-state index in [1.165, 1.54) is 27.4 Å². The van der Waals surface area contributed by atoms with Gasteiger partial charge in [0.2, 0.25) is 21.1 Å². The number of nitrogens with zero attached hydrogens (tertiary/aromatic N) is 3. The van der Waals surface area contributed by atoms with Crippen LogP contribution in [0.1, 0.15) is 18.4 Å². The van der Waals surface area contributed by atoms with Crippen LogP contribution in [-0.2, 0) is 20.6 Å². The number of aromatic nitrogens is 2. The molecule has 0 saturated carbocycles. The fourth-order valence-corrected chi connectivity index (χ4v) is 6.01. The van der Waals surface area contributed by atoms with Crippen molar-refractivity contribution in [3.8, 4) is 0 Å². The Morgan fingerprint density at radius 3 is 2.68 bits per heavy atom. The molecule has 1 aromatic heterocycles. The topological polar surface area (TPSA) is 92.3 Å². The Morgan fingerprint density at radius 2 is 2.00 bits per heavy atom. The predicted molar refractivity (Wildman–Crippen MR) is 113 cm³/mol. The van der Waals surface area contributed by atoms with Gasteiger partial charge in [-0.15, -0.1) is 16.8 Å². The summed E-state index contributed by atoms with van der Waals surface area (Å²) in [6.45, 7) is 4.36. The molecule has 1 aliphatic rings. The molecular weight excluding hydrogens is 416 g/mol. The molecule has 0 unspecified atom stereocenters. The van der Waals surface area contributed by atoms with Crippen LogP contribution < -0.4 is 5.32 Å². The number of hydrogen-bond acceptors (Lipinski definition) is 7. The standard InChI is InChI=1S/C18H22N4O3S3/c1-2-12-26-18-21-20-17(27-18)19-16(23)15-8-10-22(11-9-15)28(24,25)13-14-6-4-3-5-7-14/h2-7,15H,1,8-13H2,(H,19,20,23). The fraction of sp³-hybridized carbons (Fsp3) is 0.389. The Labute approximate surface area is 173 Å². The summed E-state index contributed by atoms with van der Waals surface area (Å²) in [5.74, 6) is 0.368. The van der Waals surface area contributed by atoms with Crippen molar-refractivity contribution >= 4 is 44.2 Å². The molecule has 0 radical (unpaired) electrons. The fourth-order valence-electron chi connectivity index (χ4n) is 2.93. The van der Waals surface area contributed by atoms with Gasteiger partial charge in [0.1, 0.15) is 0 Å². The summed E-state index contributed by atoms with van der Waals surface area (Å²) in [5, 5.41) is 11.3. The number of nitrogens with one attached hydrogen (secondary N) is 1. The van der Waals surface area contributed by atoms with Gasteiger partial charge in [-0.05, 0) is 18.4 Å². The zero-order valence-corrected chi connectivity index (χ0v) is 17.7. The van der Waals surface area contributed by atoms with Crippen molar-refractivity contribution in [2.45, 2.75) is 22.9 Å². The van der Waals surface area contributed by atoms with Gasteiger partial charge in [-0.2, -0.15) is 0 Å². The zero-order chi connectivity index (χ0) is 20.0. The Hall–Kier alpha value is -1.75. The number of carbonyl (C=O) groups excluding carboxylic acids is 1. The molecule has 0 atom stereocenters. The third kappa shape index (κ3) is 5.63. The van der Waals surface area contributed by atoms with Crippen molar-refractivity contribution in [3.05, 3.63) is 48.6 Å². The molecule has 28 heavy (non-hydrogen) atoms. The highest BCUT2D eigenvalue weighted by molar-refractivity contribution is 8.01. The van der Waals surface area contributed by atoms with Crippen LogP contribution in [0.3, 0.4) is 0 Å². The lowest BCUT2D eigenvalue weighted by Gasteiger charge is -2.30. The largest absolute Gasteiger partial charge is 0.300 e. The van der Waals surface area contributed by atoms with Crippen molar-refractivity contribution < 1.29 is 13.2 Å². The minimum Gasteiger partial charge on any atom is -0.300 e. The molecule has 2 aromatic rings. The molecule has 1 aliphatic heterocycles. The number of anilines is 1. The Morgan fingerprint density at radius 1 is 1.29 bits per heavy atom. The van der Waals surface area contributed by atoms with E-state index >= 15 is 0 Å². The maximum atomic E-state index is 12.6. The van der Waals surface area contributed by atoms with Crippen LogP contribution in [0.5, 0.6) is 0 Å². The number of carbonyl (C=O) groups is 1. The summed E-state index contributed by atoms with van der Waals surface area (Å²) in [7, 11) is -3.38. The molecule has 150 valence electrons.